The molecule has 3 saturated heterocycles. The van der Waals surface area contributed by atoms with Crippen molar-refractivity contribution in [1.29, 1.82) is 0 Å². The maximum Gasteiger partial charge on any atom is 0.220 e. The molecule has 0 radical (unpaired) electrons. The molecule has 3 heterocycles. The molecule has 580 valence electrons. The normalized spacial score (nSPS) is 26.9. The zero-order chi connectivity index (χ0) is 72.5. The van der Waals surface area contributed by atoms with Gasteiger partial charge in [0.05, 0.1) is 38.6 Å². The second-order valence-corrected chi connectivity index (χ2v) is 28.2. The minimum Gasteiger partial charge on any atom is -0.394 e. The molecule has 3 aliphatic heterocycles. The summed E-state index contributed by atoms with van der Waals surface area (Å²) >= 11 is 0. The lowest BCUT2D eigenvalue weighted by Gasteiger charge is -2.48. The van der Waals surface area contributed by atoms with Crippen LogP contribution in [0.3, 0.4) is 0 Å². The molecule has 0 bridgehead atoms. The van der Waals surface area contributed by atoms with Gasteiger partial charge in [-0.1, -0.05) is 298 Å². The van der Waals surface area contributed by atoms with Crippen LogP contribution < -0.4 is 5.32 Å². The van der Waals surface area contributed by atoms with Crippen LogP contribution in [-0.2, 0) is 33.2 Å². The second kappa shape index (κ2) is 61.2. The van der Waals surface area contributed by atoms with Crippen LogP contribution in [0.25, 0.3) is 0 Å². The van der Waals surface area contributed by atoms with Crippen LogP contribution in [0.4, 0.5) is 0 Å². The molecule has 12 N–H and O–H groups in total. The first-order valence-corrected chi connectivity index (χ1v) is 39.8. The fraction of sp³-hybridized carbons (Fsp3) is 0.815. The van der Waals surface area contributed by atoms with Gasteiger partial charge in [-0.05, 0) is 70.6 Å². The van der Waals surface area contributed by atoms with Crippen molar-refractivity contribution in [1.82, 2.24) is 5.32 Å². The molecule has 0 aromatic rings. The number of hydrogen-bond donors (Lipinski definition) is 12. The molecule has 1 amide bonds. The largest absolute Gasteiger partial charge is 0.394 e. The first-order valence-electron chi connectivity index (χ1n) is 39.8. The molecule has 17 unspecified atom stereocenters. The average Bonchev–Trinajstić information content (AvgIpc) is 0.783. The van der Waals surface area contributed by atoms with Crippen LogP contribution in [0, 0.1) is 0 Å². The summed E-state index contributed by atoms with van der Waals surface area (Å²) in [6.07, 6.45) is 53.8. The molecule has 17 atom stereocenters. The van der Waals surface area contributed by atoms with Crippen LogP contribution in [0.1, 0.15) is 290 Å². The Morgan fingerprint density at radius 2 is 0.690 bits per heavy atom. The van der Waals surface area contributed by atoms with Crippen molar-refractivity contribution in [3.05, 3.63) is 85.1 Å². The van der Waals surface area contributed by atoms with E-state index in [1.807, 2.05) is 0 Å². The lowest BCUT2D eigenvalue weighted by molar-refractivity contribution is -0.379. The molecule has 0 saturated carbocycles. The highest BCUT2D eigenvalue weighted by atomic mass is 16.8. The minimum atomic E-state index is -1.97. The van der Waals surface area contributed by atoms with Crippen molar-refractivity contribution in [2.24, 2.45) is 0 Å². The first-order chi connectivity index (χ1) is 48.8. The number of unbranched alkanes of at least 4 members (excludes halogenated alkanes) is 32. The maximum atomic E-state index is 13.5. The predicted molar refractivity (Wildman–Crippen MR) is 397 cm³/mol. The summed E-state index contributed by atoms with van der Waals surface area (Å²) in [5.74, 6) is -0.242. The smallest absolute Gasteiger partial charge is 0.220 e. The van der Waals surface area contributed by atoms with Gasteiger partial charge in [-0.2, -0.15) is 0 Å². The number of carbonyl (C=O) groups excluding carboxylic acids is 1. The van der Waals surface area contributed by atoms with Gasteiger partial charge in [0.2, 0.25) is 5.91 Å². The van der Waals surface area contributed by atoms with Gasteiger partial charge in [0.25, 0.3) is 0 Å². The van der Waals surface area contributed by atoms with Gasteiger partial charge in [0, 0.05) is 6.42 Å². The van der Waals surface area contributed by atoms with Crippen molar-refractivity contribution in [3.8, 4) is 0 Å². The fourth-order valence-electron chi connectivity index (χ4n) is 13.1. The van der Waals surface area contributed by atoms with E-state index in [0.29, 0.717) is 12.8 Å². The number of nitrogens with one attached hydrogen (secondary N) is 1. The molecule has 3 rings (SSSR count). The van der Waals surface area contributed by atoms with Gasteiger partial charge in [0.15, 0.2) is 18.9 Å². The van der Waals surface area contributed by atoms with E-state index >= 15 is 0 Å². The summed E-state index contributed by atoms with van der Waals surface area (Å²) in [5, 5.41) is 121. The Kier molecular flexibility index (Phi) is 55.8. The monoisotopic (exact) mass is 1420 g/mol. The van der Waals surface area contributed by atoms with Gasteiger partial charge >= 0.3 is 0 Å². The predicted octanol–water partition coefficient (Wildman–Crippen LogP) is 13.0. The molecule has 3 aliphatic rings. The summed E-state index contributed by atoms with van der Waals surface area (Å²) in [6, 6.07) is -0.891. The molecule has 0 spiro atoms. The van der Waals surface area contributed by atoms with Gasteiger partial charge in [-0.15, -0.1) is 0 Å². The number of hydrogen-bond acceptors (Lipinski definition) is 18. The van der Waals surface area contributed by atoms with Crippen LogP contribution >= 0.6 is 0 Å². The Morgan fingerprint density at radius 3 is 1.08 bits per heavy atom. The van der Waals surface area contributed by atoms with Crippen LogP contribution in [-0.4, -0.2) is 193 Å². The molecular formula is C81H143NO18. The van der Waals surface area contributed by atoms with E-state index in [1.54, 1.807) is 0 Å². The van der Waals surface area contributed by atoms with Crippen molar-refractivity contribution in [3.63, 3.8) is 0 Å². The third kappa shape index (κ3) is 41.0. The fourth-order valence-corrected chi connectivity index (χ4v) is 13.1. The zero-order valence-corrected chi connectivity index (χ0v) is 61.9. The van der Waals surface area contributed by atoms with Gasteiger partial charge in [0.1, 0.15) is 73.2 Å². The summed E-state index contributed by atoms with van der Waals surface area (Å²) in [7, 11) is 0. The molecule has 19 nitrogen and oxygen atoms in total. The quantitative estimate of drug-likeness (QED) is 0.0199. The number of ether oxygens (including phenoxy) is 6. The van der Waals surface area contributed by atoms with Crippen molar-refractivity contribution in [2.45, 2.75) is 394 Å². The van der Waals surface area contributed by atoms with Crippen molar-refractivity contribution in [2.75, 3.05) is 26.4 Å². The summed E-state index contributed by atoms with van der Waals surface area (Å²) in [6.45, 7) is 1.71. The standard InChI is InChI=1S/C81H143NO18/c1-3-5-7-9-11-13-15-17-19-21-23-24-25-26-27-28-29-30-31-32-33-34-35-36-37-38-39-40-41-43-45-47-49-51-53-55-57-59-69(87)82-64(65(86)58-56-54-52-50-48-46-44-42-22-20-18-16-14-12-10-8-6-4-2)63-95-79-75(93)72(90)77(67(61-84)97-79)100-81-76(94)73(91)78(68(62-85)98-81)99-80-74(92)71(89)70(88)66(60-83)96-80/h5,7,11,13,17,19,23-24,26-27,29-30,32-33,64-68,70-81,83-86,88-94H,3-4,6,8-10,12,14-16,18,20-22,25,28,31,34-63H2,1-2H3,(H,82,87)/b7-5-,13-11-,19-17-,24-23-,27-26-,30-29-,33-32-. The maximum absolute atomic E-state index is 13.5. The van der Waals surface area contributed by atoms with E-state index in [2.05, 4.69) is 104 Å². The molecule has 0 aliphatic carbocycles. The van der Waals surface area contributed by atoms with Crippen molar-refractivity contribution >= 4 is 5.91 Å². The Hall–Kier alpha value is -3.03. The van der Waals surface area contributed by atoms with Crippen LogP contribution in [0.15, 0.2) is 85.1 Å². The zero-order valence-electron chi connectivity index (χ0n) is 61.9. The Morgan fingerprint density at radius 1 is 0.370 bits per heavy atom. The lowest BCUT2D eigenvalue weighted by atomic mass is 9.96. The Labute approximate surface area is 603 Å². The number of amides is 1. The Balaban J connectivity index is 1.33. The third-order valence-corrected chi connectivity index (χ3v) is 19.5. The van der Waals surface area contributed by atoms with E-state index in [1.165, 1.54) is 161 Å². The van der Waals surface area contributed by atoms with Gasteiger partial charge < -0.3 is 89.9 Å². The van der Waals surface area contributed by atoms with Crippen LogP contribution in [0.5, 0.6) is 0 Å². The molecule has 3 fully saturated rings. The topological polar surface area (TPSA) is 307 Å². The third-order valence-electron chi connectivity index (χ3n) is 19.5. The number of rotatable bonds is 62. The highest BCUT2D eigenvalue weighted by Gasteiger charge is 2.54. The first kappa shape index (κ1) is 91.2. The van der Waals surface area contributed by atoms with Crippen molar-refractivity contribution < 1.29 is 89.4 Å². The highest BCUT2D eigenvalue weighted by Crippen LogP contribution is 2.33. The highest BCUT2D eigenvalue weighted by molar-refractivity contribution is 5.76. The molecule has 19 heteroatoms. The van der Waals surface area contributed by atoms with E-state index in [4.69, 9.17) is 28.4 Å². The van der Waals surface area contributed by atoms with Gasteiger partial charge in [-0.3, -0.25) is 4.79 Å². The second-order valence-electron chi connectivity index (χ2n) is 28.2. The Bertz CT molecular complexity index is 2140. The molecule has 100 heavy (non-hydrogen) atoms. The van der Waals surface area contributed by atoms with Gasteiger partial charge in [-0.25, -0.2) is 0 Å². The summed E-state index contributed by atoms with van der Waals surface area (Å²) < 4.78 is 34.5. The van der Waals surface area contributed by atoms with E-state index < -0.39 is 124 Å². The number of aliphatic hydroxyl groups is 11. The number of carbonyl (C=O) groups is 1. The average molecular weight is 1420 g/mol. The molecule has 0 aromatic carbocycles. The summed E-state index contributed by atoms with van der Waals surface area (Å²) in [4.78, 5) is 13.5. The SMILES string of the molecule is CC/C=C\C/C=C\C/C=C\C/C=C\C/C=C\C/C=C\C/C=C\CCCCCCCCCCCCCCCCCC(=O)NC(COC1OC(CO)C(OC2OC(CO)C(OC3OC(CO)C(O)C(O)C3O)C(O)C2O)C(O)C1O)C(O)CCCCCCCCCCCCCCCCCCCC. The molecule has 0 aromatic heterocycles. The minimum absolute atomic E-state index is 0.242. The van der Waals surface area contributed by atoms with Crippen LogP contribution in [0.2, 0.25) is 0 Å². The lowest BCUT2D eigenvalue weighted by Crippen LogP contribution is -2.66. The number of allylic oxidation sites excluding steroid dienone is 14. The van der Waals surface area contributed by atoms with E-state index in [9.17, 15) is 61.0 Å². The van der Waals surface area contributed by atoms with E-state index in [0.717, 1.165) is 96.3 Å². The molecular weight excluding hydrogens is 1270 g/mol. The number of aliphatic hydroxyl groups excluding tert-OH is 11. The van der Waals surface area contributed by atoms with E-state index in [-0.39, 0.29) is 18.9 Å². The summed E-state index contributed by atoms with van der Waals surface area (Å²) in [5.41, 5.74) is 0.